The van der Waals surface area contributed by atoms with Gasteiger partial charge < -0.3 is 4.74 Å². The zero-order valence-electron chi connectivity index (χ0n) is 7.14. The first kappa shape index (κ1) is 11.5. The summed E-state index contributed by atoms with van der Waals surface area (Å²) in [5.74, 6) is 0.311. The molecule has 0 bridgehead atoms. The number of rotatable bonds is 1. The topological polar surface area (TPSA) is 35.0 Å². The third-order valence-electron chi connectivity index (χ3n) is 0.921. The summed E-state index contributed by atoms with van der Waals surface area (Å²) in [5.41, 5.74) is 0. The highest BCUT2D eigenvalue weighted by Crippen LogP contribution is 2.27. The van der Waals surface area contributed by atoms with Gasteiger partial charge in [0.25, 0.3) is 0 Å². The van der Waals surface area contributed by atoms with Crippen LogP contribution < -0.4 is 4.74 Å². The van der Waals surface area contributed by atoms with E-state index in [9.17, 15) is 0 Å². The minimum absolute atomic E-state index is 0.225. The summed E-state index contributed by atoms with van der Waals surface area (Å²) in [6.07, 6.45) is 1.27. The molecule has 0 aromatic carbocycles. The second-order valence-corrected chi connectivity index (χ2v) is 2.20. The lowest BCUT2D eigenvalue weighted by Gasteiger charge is -2.00. The first-order valence-corrected chi connectivity index (χ1v) is 4.21. The van der Waals surface area contributed by atoms with Gasteiger partial charge in [-0.1, -0.05) is 37.0 Å². The quantitative estimate of drug-likeness (QED) is 0.667. The van der Waals surface area contributed by atoms with Gasteiger partial charge in [-0.3, -0.25) is 0 Å². The average molecular weight is 209 g/mol. The van der Waals surface area contributed by atoms with Crippen LogP contribution in [0, 0.1) is 0 Å². The molecule has 1 rings (SSSR count). The largest absolute Gasteiger partial charge is 0.491 e. The molecule has 0 N–H and O–H groups in total. The van der Waals surface area contributed by atoms with E-state index in [2.05, 4.69) is 9.97 Å². The van der Waals surface area contributed by atoms with Crippen molar-refractivity contribution in [2.45, 2.75) is 13.8 Å². The Bertz CT molecular complexity index is 223. The van der Waals surface area contributed by atoms with Crippen molar-refractivity contribution in [3.63, 3.8) is 0 Å². The molecule has 0 amide bonds. The molecular formula is C7H10Cl2N2O. The van der Waals surface area contributed by atoms with Gasteiger partial charge in [0.1, 0.15) is 6.33 Å². The van der Waals surface area contributed by atoms with Gasteiger partial charge in [-0.2, -0.15) is 0 Å². The Morgan fingerprint density at radius 2 is 1.58 bits per heavy atom. The molecule has 68 valence electrons. The summed E-state index contributed by atoms with van der Waals surface area (Å²) < 4.78 is 4.79. The van der Waals surface area contributed by atoms with E-state index in [-0.39, 0.29) is 10.3 Å². The fourth-order valence-corrected chi connectivity index (χ4v) is 0.970. The van der Waals surface area contributed by atoms with Gasteiger partial charge in [0, 0.05) is 0 Å². The molecule has 0 saturated carbocycles. The zero-order valence-corrected chi connectivity index (χ0v) is 8.65. The Morgan fingerprint density at radius 1 is 1.17 bits per heavy atom. The van der Waals surface area contributed by atoms with Crippen LogP contribution in [-0.2, 0) is 0 Å². The van der Waals surface area contributed by atoms with Gasteiger partial charge in [-0.05, 0) is 0 Å². The molecule has 0 radical (unpaired) electrons. The Hall–Kier alpha value is -0.540. The van der Waals surface area contributed by atoms with Crippen molar-refractivity contribution in [3.05, 3.63) is 16.6 Å². The lowest BCUT2D eigenvalue weighted by Crippen LogP contribution is -1.89. The predicted octanol–water partition coefficient (Wildman–Crippen LogP) is 2.82. The van der Waals surface area contributed by atoms with Crippen LogP contribution in [0.1, 0.15) is 13.8 Å². The smallest absolute Gasteiger partial charge is 0.193 e. The molecule has 0 aliphatic carbocycles. The van der Waals surface area contributed by atoms with Crippen LogP contribution >= 0.6 is 23.2 Å². The molecule has 12 heavy (non-hydrogen) atoms. The summed E-state index contributed by atoms with van der Waals surface area (Å²) in [7, 11) is 1.45. The second-order valence-electron chi connectivity index (χ2n) is 1.49. The predicted molar refractivity (Wildman–Crippen MR) is 50.0 cm³/mol. The van der Waals surface area contributed by atoms with E-state index in [0.717, 1.165) is 0 Å². The lowest BCUT2D eigenvalue weighted by molar-refractivity contribution is 0.411. The van der Waals surface area contributed by atoms with E-state index >= 15 is 0 Å². The zero-order chi connectivity index (χ0) is 9.56. The summed E-state index contributed by atoms with van der Waals surface area (Å²) in [4.78, 5) is 7.31. The van der Waals surface area contributed by atoms with Crippen LogP contribution in [0.2, 0.25) is 10.3 Å². The molecule has 0 unspecified atom stereocenters. The molecule has 1 aromatic rings. The van der Waals surface area contributed by atoms with E-state index in [1.165, 1.54) is 13.4 Å². The molecule has 3 nitrogen and oxygen atoms in total. The molecule has 1 heterocycles. The number of methoxy groups -OCH3 is 1. The maximum Gasteiger partial charge on any atom is 0.193 e. The van der Waals surface area contributed by atoms with Crippen LogP contribution in [0.25, 0.3) is 0 Å². The Morgan fingerprint density at radius 3 is 1.83 bits per heavy atom. The summed E-state index contributed by atoms with van der Waals surface area (Å²) in [6.45, 7) is 4.00. The number of hydrogen-bond donors (Lipinski definition) is 0. The molecule has 0 spiro atoms. The van der Waals surface area contributed by atoms with Gasteiger partial charge >= 0.3 is 0 Å². The van der Waals surface area contributed by atoms with Crippen LogP contribution in [0.4, 0.5) is 0 Å². The SMILES string of the molecule is CC.COc1c(Cl)ncnc1Cl. The van der Waals surface area contributed by atoms with E-state index in [1.54, 1.807) is 0 Å². The van der Waals surface area contributed by atoms with Gasteiger partial charge in [0.05, 0.1) is 7.11 Å². The second kappa shape index (κ2) is 6.03. The van der Waals surface area contributed by atoms with Gasteiger partial charge in [-0.15, -0.1) is 0 Å². The number of ether oxygens (including phenoxy) is 1. The van der Waals surface area contributed by atoms with Crippen molar-refractivity contribution >= 4 is 23.2 Å². The standard InChI is InChI=1S/C5H4Cl2N2O.C2H6/c1-10-3-4(6)8-2-9-5(3)7;1-2/h2H,1H3;1-2H3. The van der Waals surface area contributed by atoms with Crippen molar-refractivity contribution < 1.29 is 4.74 Å². The highest BCUT2D eigenvalue weighted by Gasteiger charge is 2.05. The minimum atomic E-state index is 0.225. The first-order valence-electron chi connectivity index (χ1n) is 3.45. The fraction of sp³-hybridized carbons (Fsp3) is 0.429. The first-order chi connectivity index (χ1) is 5.75. The third-order valence-corrected chi connectivity index (χ3v) is 1.46. The Labute approximate surface area is 81.7 Å². The van der Waals surface area contributed by atoms with Crippen LogP contribution in [-0.4, -0.2) is 17.1 Å². The van der Waals surface area contributed by atoms with Gasteiger partial charge in [0.15, 0.2) is 16.1 Å². The van der Waals surface area contributed by atoms with E-state index in [1.807, 2.05) is 13.8 Å². The number of nitrogens with zero attached hydrogens (tertiary/aromatic N) is 2. The van der Waals surface area contributed by atoms with Gasteiger partial charge in [0.2, 0.25) is 0 Å². The Kier molecular flexibility index (Phi) is 5.76. The summed E-state index contributed by atoms with van der Waals surface area (Å²) in [6, 6.07) is 0. The molecule has 0 atom stereocenters. The fourth-order valence-electron chi connectivity index (χ4n) is 0.501. The lowest BCUT2D eigenvalue weighted by atomic mass is 10.6. The van der Waals surface area contributed by atoms with Crippen molar-refractivity contribution in [1.82, 2.24) is 9.97 Å². The maximum absolute atomic E-state index is 5.57. The van der Waals surface area contributed by atoms with Crippen LogP contribution in [0.5, 0.6) is 5.75 Å². The minimum Gasteiger partial charge on any atom is -0.491 e. The normalized spacial score (nSPS) is 8.42. The van der Waals surface area contributed by atoms with Crippen LogP contribution in [0.3, 0.4) is 0 Å². The van der Waals surface area contributed by atoms with Crippen molar-refractivity contribution in [2.24, 2.45) is 0 Å². The Balaban J connectivity index is 0.000000561. The number of hydrogen-bond acceptors (Lipinski definition) is 3. The molecule has 5 heteroatoms. The maximum atomic E-state index is 5.57. The number of halogens is 2. The van der Waals surface area contributed by atoms with Crippen molar-refractivity contribution in [2.75, 3.05) is 7.11 Å². The third kappa shape index (κ3) is 2.83. The van der Waals surface area contributed by atoms with Crippen molar-refractivity contribution in [3.8, 4) is 5.75 Å². The van der Waals surface area contributed by atoms with E-state index in [4.69, 9.17) is 27.9 Å². The number of aromatic nitrogens is 2. The van der Waals surface area contributed by atoms with Gasteiger partial charge in [-0.25, -0.2) is 9.97 Å². The average Bonchev–Trinajstić information content (AvgIpc) is 2.08. The van der Waals surface area contributed by atoms with Crippen molar-refractivity contribution in [1.29, 1.82) is 0 Å². The summed E-state index contributed by atoms with van der Waals surface area (Å²) in [5, 5.41) is 0.449. The monoisotopic (exact) mass is 208 g/mol. The highest BCUT2D eigenvalue weighted by atomic mass is 35.5. The van der Waals surface area contributed by atoms with E-state index in [0.29, 0.717) is 5.75 Å². The van der Waals surface area contributed by atoms with Crippen LogP contribution in [0.15, 0.2) is 6.33 Å². The highest BCUT2D eigenvalue weighted by molar-refractivity contribution is 6.35. The molecule has 1 aromatic heterocycles. The molecule has 0 fully saturated rings. The molecule has 0 aliphatic heterocycles. The van der Waals surface area contributed by atoms with E-state index < -0.39 is 0 Å². The molecule has 0 aliphatic rings. The molecule has 0 saturated heterocycles. The summed E-state index contributed by atoms with van der Waals surface area (Å²) >= 11 is 11.1. The molecular weight excluding hydrogens is 199 g/mol.